The molecule has 0 N–H and O–H groups in total. The zero-order valence-corrected chi connectivity index (χ0v) is 9.26. The molecular formula is C9H8MgMnO. The Morgan fingerprint density at radius 2 is 1.92 bits per heavy atom. The van der Waals surface area contributed by atoms with Gasteiger partial charge in [0.05, 0.1) is 0 Å². The molecule has 1 aliphatic rings. The third-order valence-electron chi connectivity index (χ3n) is 1.55. The van der Waals surface area contributed by atoms with Crippen LogP contribution < -0.4 is 4.74 Å². The van der Waals surface area contributed by atoms with Crippen molar-refractivity contribution in [1.82, 2.24) is 0 Å². The maximum Gasteiger partial charge on any atom is 0.126 e. The molecule has 0 bridgehead atoms. The monoisotopic (exact) mass is 211 g/mol. The number of para-hydroxylation sites is 1. The van der Waals surface area contributed by atoms with E-state index in [0.29, 0.717) is 6.61 Å². The van der Waals surface area contributed by atoms with Gasteiger partial charge < -0.3 is 4.74 Å². The minimum Gasteiger partial charge on any atom is -0.489 e. The third kappa shape index (κ3) is 2.52. The summed E-state index contributed by atoms with van der Waals surface area (Å²) in [6.45, 7) is 0.705. The molecule has 0 saturated carbocycles. The average molecular weight is 211 g/mol. The summed E-state index contributed by atoms with van der Waals surface area (Å²) in [5.41, 5.74) is 1.17. The van der Waals surface area contributed by atoms with Gasteiger partial charge in [0.15, 0.2) is 0 Å². The number of fused-ring (bicyclic) bond motifs is 1. The van der Waals surface area contributed by atoms with Crippen LogP contribution in [0.25, 0.3) is 6.08 Å². The van der Waals surface area contributed by atoms with Crippen molar-refractivity contribution in [2.75, 3.05) is 6.61 Å². The summed E-state index contributed by atoms with van der Waals surface area (Å²) in [6.07, 6.45) is 4.10. The zero-order chi connectivity index (χ0) is 6.81. The van der Waals surface area contributed by atoms with Gasteiger partial charge in [-0.15, -0.1) is 0 Å². The number of rotatable bonds is 0. The van der Waals surface area contributed by atoms with Crippen molar-refractivity contribution in [2.24, 2.45) is 0 Å². The molecule has 1 aliphatic heterocycles. The Hall–Kier alpha value is 0.0457. The molecule has 3 heteroatoms. The molecule has 0 saturated heterocycles. The van der Waals surface area contributed by atoms with E-state index in [1.54, 1.807) is 0 Å². The normalized spacial score (nSPS) is 11.7. The van der Waals surface area contributed by atoms with E-state index in [-0.39, 0.29) is 40.1 Å². The Kier molecular flexibility index (Phi) is 5.67. The van der Waals surface area contributed by atoms with Crippen LogP contribution in [-0.4, -0.2) is 29.7 Å². The minimum absolute atomic E-state index is 0. The second-order valence-electron chi connectivity index (χ2n) is 2.25. The molecule has 1 aromatic carbocycles. The van der Waals surface area contributed by atoms with Crippen LogP contribution in [0, 0.1) is 0 Å². The van der Waals surface area contributed by atoms with Crippen LogP contribution >= 0.6 is 0 Å². The maximum atomic E-state index is 5.34. The van der Waals surface area contributed by atoms with Gasteiger partial charge >= 0.3 is 0 Å². The molecule has 3 radical (unpaired) electrons. The second kappa shape index (κ2) is 5.65. The molecule has 1 nitrogen and oxygen atoms in total. The van der Waals surface area contributed by atoms with E-state index in [1.165, 1.54) is 5.56 Å². The van der Waals surface area contributed by atoms with Crippen molar-refractivity contribution in [3.05, 3.63) is 35.9 Å². The van der Waals surface area contributed by atoms with Crippen molar-refractivity contribution in [2.45, 2.75) is 0 Å². The van der Waals surface area contributed by atoms with Crippen molar-refractivity contribution in [1.29, 1.82) is 0 Å². The summed E-state index contributed by atoms with van der Waals surface area (Å²) >= 11 is 0. The van der Waals surface area contributed by atoms with Crippen LogP contribution in [0.4, 0.5) is 0 Å². The van der Waals surface area contributed by atoms with Crippen LogP contribution in [0.3, 0.4) is 0 Å². The van der Waals surface area contributed by atoms with Crippen LogP contribution in [0.5, 0.6) is 5.75 Å². The molecule has 59 valence electrons. The second-order valence-corrected chi connectivity index (χ2v) is 2.25. The predicted octanol–water partition coefficient (Wildman–Crippen LogP) is 1.71. The largest absolute Gasteiger partial charge is 0.489 e. The SMILES string of the molecule is C1=Cc2ccccc2OC1.[Mg].[Mn]. The number of ether oxygens (including phenoxy) is 1. The Morgan fingerprint density at radius 3 is 2.67 bits per heavy atom. The zero-order valence-electron chi connectivity index (χ0n) is 6.66. The molecule has 0 spiro atoms. The summed E-state index contributed by atoms with van der Waals surface area (Å²) in [4.78, 5) is 0. The van der Waals surface area contributed by atoms with Gasteiger partial charge in [-0.25, -0.2) is 0 Å². The van der Waals surface area contributed by atoms with Gasteiger partial charge in [0, 0.05) is 45.7 Å². The van der Waals surface area contributed by atoms with Crippen LogP contribution in [-0.2, 0) is 17.1 Å². The fraction of sp³-hybridized carbons (Fsp3) is 0.111. The minimum atomic E-state index is 0. The summed E-state index contributed by atoms with van der Waals surface area (Å²) in [7, 11) is 0. The number of hydrogen-bond donors (Lipinski definition) is 0. The fourth-order valence-electron chi connectivity index (χ4n) is 1.06. The molecule has 0 atom stereocenters. The van der Waals surface area contributed by atoms with Gasteiger partial charge in [0.25, 0.3) is 0 Å². The average Bonchev–Trinajstić information content (AvgIpc) is 2.05. The topological polar surface area (TPSA) is 9.23 Å². The van der Waals surface area contributed by atoms with Crippen molar-refractivity contribution in [3.8, 4) is 5.75 Å². The Morgan fingerprint density at radius 1 is 1.17 bits per heavy atom. The molecule has 0 fully saturated rings. The van der Waals surface area contributed by atoms with Crippen LogP contribution in [0.1, 0.15) is 5.56 Å². The Bertz CT molecular complexity index is 273. The van der Waals surface area contributed by atoms with E-state index in [1.807, 2.05) is 30.3 Å². The molecule has 0 amide bonds. The molecule has 1 aromatic rings. The molecule has 1 heterocycles. The number of benzene rings is 1. The van der Waals surface area contributed by atoms with E-state index in [4.69, 9.17) is 4.74 Å². The first-order valence-electron chi connectivity index (χ1n) is 3.35. The van der Waals surface area contributed by atoms with Crippen molar-refractivity contribution in [3.63, 3.8) is 0 Å². The van der Waals surface area contributed by atoms with E-state index in [2.05, 4.69) is 6.08 Å². The third-order valence-corrected chi connectivity index (χ3v) is 1.55. The molecule has 12 heavy (non-hydrogen) atoms. The molecular weight excluding hydrogens is 203 g/mol. The van der Waals surface area contributed by atoms with Crippen molar-refractivity contribution >= 4 is 29.1 Å². The molecule has 0 aromatic heterocycles. The van der Waals surface area contributed by atoms with E-state index < -0.39 is 0 Å². The van der Waals surface area contributed by atoms with E-state index >= 15 is 0 Å². The van der Waals surface area contributed by atoms with Gasteiger partial charge in [-0.1, -0.05) is 24.3 Å². The van der Waals surface area contributed by atoms with Gasteiger partial charge in [0.2, 0.25) is 0 Å². The van der Waals surface area contributed by atoms with Gasteiger partial charge in [-0.3, -0.25) is 0 Å². The molecule has 0 unspecified atom stereocenters. The number of hydrogen-bond acceptors (Lipinski definition) is 1. The quantitative estimate of drug-likeness (QED) is 0.594. The molecule has 0 aliphatic carbocycles. The Balaban J connectivity index is 0.000000605. The van der Waals surface area contributed by atoms with Crippen LogP contribution in [0.15, 0.2) is 30.3 Å². The van der Waals surface area contributed by atoms with Gasteiger partial charge in [0.1, 0.15) is 12.4 Å². The van der Waals surface area contributed by atoms with Gasteiger partial charge in [-0.05, 0) is 12.1 Å². The summed E-state index contributed by atoms with van der Waals surface area (Å²) in [5, 5.41) is 0. The van der Waals surface area contributed by atoms with Gasteiger partial charge in [-0.2, -0.15) is 0 Å². The van der Waals surface area contributed by atoms with E-state index in [0.717, 1.165) is 5.75 Å². The molecule has 2 rings (SSSR count). The van der Waals surface area contributed by atoms with Crippen LogP contribution in [0.2, 0.25) is 0 Å². The first kappa shape index (κ1) is 12.0. The fourth-order valence-corrected chi connectivity index (χ4v) is 1.06. The standard InChI is InChI=1S/C9H8O.Mg.Mn/c1-2-6-9-8(4-1)5-3-7-10-9;;/h1-6H,7H2;;. The summed E-state index contributed by atoms with van der Waals surface area (Å²) in [6, 6.07) is 8.03. The smallest absolute Gasteiger partial charge is 0.126 e. The first-order chi connectivity index (χ1) is 4.97. The Labute approximate surface area is 98.8 Å². The van der Waals surface area contributed by atoms with E-state index in [9.17, 15) is 0 Å². The first-order valence-corrected chi connectivity index (χ1v) is 3.35. The van der Waals surface area contributed by atoms with Crippen molar-refractivity contribution < 1.29 is 21.8 Å². The maximum absolute atomic E-state index is 5.34. The predicted molar refractivity (Wildman–Crippen MR) is 46.7 cm³/mol. The summed E-state index contributed by atoms with van der Waals surface area (Å²) < 4.78 is 5.34. The summed E-state index contributed by atoms with van der Waals surface area (Å²) in [5.74, 6) is 0.991.